The van der Waals surface area contributed by atoms with Crippen LogP contribution in [0.25, 0.3) is 10.9 Å². The smallest absolute Gasteiger partial charge is 0.251 e. The second kappa shape index (κ2) is 8.45. The fraction of sp³-hybridized carbons (Fsp3) is 0.0800. The molecule has 28 heavy (non-hydrogen) atoms. The average molecular weight is 475 g/mol. The molecule has 1 N–H and O–H groups in total. The zero-order valence-electron chi connectivity index (χ0n) is 15.2. The van der Waals surface area contributed by atoms with Crippen molar-refractivity contribution in [3.8, 4) is 11.8 Å². The monoisotopic (exact) mass is 475 g/mol. The molecule has 0 aliphatic heterocycles. The van der Waals surface area contributed by atoms with Crippen molar-refractivity contribution >= 4 is 33.5 Å². The summed E-state index contributed by atoms with van der Waals surface area (Å²) in [7, 11) is 0. The molecule has 4 rings (SSSR count). The molecule has 0 radical (unpaired) electrons. The van der Waals surface area contributed by atoms with E-state index in [1.165, 1.54) is 9.13 Å². The van der Waals surface area contributed by atoms with Gasteiger partial charge in [0.05, 0.1) is 0 Å². The summed E-state index contributed by atoms with van der Waals surface area (Å²) >= 11 is 2.28. The molecular weight excluding hydrogens is 457 g/mol. The van der Waals surface area contributed by atoms with Crippen LogP contribution in [-0.2, 0) is 12.8 Å². The maximum absolute atomic E-state index is 12.4. The third-order valence-corrected chi connectivity index (χ3v) is 5.32. The van der Waals surface area contributed by atoms with Crippen LogP contribution >= 0.6 is 22.6 Å². The van der Waals surface area contributed by atoms with E-state index in [1.54, 1.807) is 0 Å². The van der Waals surface area contributed by atoms with E-state index in [1.807, 2.05) is 42.5 Å². The number of hydrogen-bond donors (Lipinski definition) is 1. The number of nitrogens with one attached hydrogen (secondary N) is 1. The lowest BCUT2D eigenvalue weighted by molar-refractivity contribution is 1.12. The van der Waals surface area contributed by atoms with Crippen LogP contribution in [0.15, 0.2) is 83.7 Å². The zero-order chi connectivity index (χ0) is 19.3. The van der Waals surface area contributed by atoms with E-state index in [4.69, 9.17) is 0 Å². The van der Waals surface area contributed by atoms with Crippen molar-refractivity contribution in [2.75, 3.05) is 0 Å². The van der Waals surface area contributed by atoms with E-state index < -0.39 is 0 Å². The average Bonchev–Trinajstić information content (AvgIpc) is 2.71. The molecule has 1 heterocycles. The Kier molecular flexibility index (Phi) is 5.59. The Morgan fingerprint density at radius 2 is 1.64 bits per heavy atom. The molecule has 0 saturated carbocycles. The van der Waals surface area contributed by atoms with Crippen LogP contribution in [-0.4, -0.2) is 4.98 Å². The lowest BCUT2D eigenvalue weighted by Crippen LogP contribution is -2.12. The summed E-state index contributed by atoms with van der Waals surface area (Å²) in [5, 5.41) is 1.01. The van der Waals surface area contributed by atoms with Crippen molar-refractivity contribution < 1.29 is 0 Å². The van der Waals surface area contributed by atoms with Crippen LogP contribution in [0.3, 0.4) is 0 Å². The topological polar surface area (TPSA) is 32.9 Å². The quantitative estimate of drug-likeness (QED) is 0.316. The van der Waals surface area contributed by atoms with Crippen molar-refractivity contribution in [2.24, 2.45) is 0 Å². The molecule has 0 saturated heterocycles. The SMILES string of the molecule is O=c1[nH]c2ccc(C#CCc3ccccc3)cc2cc1Cc1ccc(I)cc1. The fourth-order valence-corrected chi connectivity index (χ4v) is 3.49. The summed E-state index contributed by atoms with van der Waals surface area (Å²) < 4.78 is 1.19. The minimum atomic E-state index is -0.0334. The first kappa shape index (κ1) is 18.5. The van der Waals surface area contributed by atoms with Crippen molar-refractivity contribution in [3.63, 3.8) is 0 Å². The van der Waals surface area contributed by atoms with Gasteiger partial charge in [0.1, 0.15) is 0 Å². The van der Waals surface area contributed by atoms with Gasteiger partial charge in [0.25, 0.3) is 5.56 Å². The number of aromatic amines is 1. The minimum absolute atomic E-state index is 0.0334. The summed E-state index contributed by atoms with van der Waals surface area (Å²) in [5.41, 5.74) is 4.86. The van der Waals surface area contributed by atoms with E-state index >= 15 is 0 Å². The summed E-state index contributed by atoms with van der Waals surface area (Å²) in [5.74, 6) is 6.46. The van der Waals surface area contributed by atoms with E-state index in [9.17, 15) is 4.79 Å². The van der Waals surface area contributed by atoms with Gasteiger partial charge in [-0.1, -0.05) is 54.3 Å². The Balaban J connectivity index is 1.60. The van der Waals surface area contributed by atoms with E-state index in [0.717, 1.165) is 34.0 Å². The molecule has 1 aromatic heterocycles. The van der Waals surface area contributed by atoms with E-state index in [0.29, 0.717) is 6.42 Å². The predicted molar refractivity (Wildman–Crippen MR) is 124 cm³/mol. The Morgan fingerprint density at radius 3 is 2.43 bits per heavy atom. The molecule has 0 fully saturated rings. The van der Waals surface area contributed by atoms with Gasteiger partial charge in [0.15, 0.2) is 0 Å². The largest absolute Gasteiger partial charge is 0.322 e. The van der Waals surface area contributed by atoms with E-state index in [-0.39, 0.29) is 5.56 Å². The van der Waals surface area contributed by atoms with Crippen molar-refractivity contribution in [2.45, 2.75) is 12.8 Å². The summed E-state index contributed by atoms with van der Waals surface area (Å²) in [6.07, 6.45) is 1.34. The molecule has 3 heteroatoms. The number of aromatic nitrogens is 1. The third-order valence-electron chi connectivity index (χ3n) is 4.60. The Labute approximate surface area is 177 Å². The normalized spacial score (nSPS) is 10.5. The number of benzene rings is 3. The Bertz CT molecular complexity index is 1230. The number of halogens is 1. The second-order valence-corrected chi connectivity index (χ2v) is 7.94. The number of fused-ring (bicyclic) bond motifs is 1. The molecule has 3 aromatic carbocycles. The van der Waals surface area contributed by atoms with Crippen LogP contribution in [0.1, 0.15) is 22.3 Å². The first-order chi connectivity index (χ1) is 13.7. The number of hydrogen-bond acceptors (Lipinski definition) is 1. The van der Waals surface area contributed by atoms with Gasteiger partial charge < -0.3 is 4.98 Å². The summed E-state index contributed by atoms with van der Waals surface area (Å²) in [6.45, 7) is 0. The number of rotatable bonds is 3. The van der Waals surface area contributed by atoms with Crippen LogP contribution in [0.2, 0.25) is 0 Å². The Hall–Kier alpha value is -2.84. The van der Waals surface area contributed by atoms with Crippen LogP contribution in [0.4, 0.5) is 0 Å². The fourth-order valence-electron chi connectivity index (χ4n) is 3.13. The van der Waals surface area contributed by atoms with Gasteiger partial charge in [0.2, 0.25) is 0 Å². The Morgan fingerprint density at radius 1 is 0.857 bits per heavy atom. The molecule has 0 atom stereocenters. The third kappa shape index (κ3) is 4.52. The first-order valence-electron chi connectivity index (χ1n) is 9.10. The van der Waals surface area contributed by atoms with Crippen LogP contribution in [0, 0.1) is 15.4 Å². The van der Waals surface area contributed by atoms with Crippen LogP contribution in [0.5, 0.6) is 0 Å². The molecule has 2 nitrogen and oxygen atoms in total. The first-order valence-corrected chi connectivity index (χ1v) is 10.2. The molecule has 0 unspecified atom stereocenters. The van der Waals surface area contributed by atoms with Crippen molar-refractivity contribution in [3.05, 3.63) is 115 Å². The number of pyridine rings is 1. The van der Waals surface area contributed by atoms with Gasteiger partial charge in [-0.3, -0.25) is 4.79 Å². The molecule has 0 bridgehead atoms. The lowest BCUT2D eigenvalue weighted by atomic mass is 10.0. The molecule has 136 valence electrons. The highest BCUT2D eigenvalue weighted by molar-refractivity contribution is 14.1. The van der Waals surface area contributed by atoms with Gasteiger partial charge in [-0.15, -0.1) is 0 Å². The predicted octanol–water partition coefficient (Wildman–Crippen LogP) is 5.32. The van der Waals surface area contributed by atoms with E-state index in [2.05, 4.69) is 75.8 Å². The van der Waals surface area contributed by atoms with Gasteiger partial charge in [-0.25, -0.2) is 0 Å². The molecule has 4 aromatic rings. The van der Waals surface area contributed by atoms with Gasteiger partial charge in [-0.2, -0.15) is 0 Å². The van der Waals surface area contributed by atoms with Gasteiger partial charge in [-0.05, 0) is 75.5 Å². The highest BCUT2D eigenvalue weighted by atomic mass is 127. The summed E-state index contributed by atoms with van der Waals surface area (Å²) in [6, 6.07) is 26.4. The molecule has 0 spiro atoms. The second-order valence-electron chi connectivity index (χ2n) is 6.69. The maximum Gasteiger partial charge on any atom is 0.251 e. The molecular formula is C25H18INO. The standard InChI is InChI=1S/C25H18INO/c26-23-12-9-20(10-13-23)16-22-17-21-15-19(11-14-24(21)27-25(22)28)8-4-7-18-5-2-1-3-6-18/h1-3,5-6,9-15,17H,7,16H2,(H,27,28). The minimum Gasteiger partial charge on any atom is -0.322 e. The van der Waals surface area contributed by atoms with Gasteiger partial charge in [0, 0.05) is 33.1 Å². The molecule has 0 amide bonds. The highest BCUT2D eigenvalue weighted by Gasteiger charge is 2.05. The van der Waals surface area contributed by atoms with Crippen molar-refractivity contribution in [1.82, 2.24) is 4.98 Å². The van der Waals surface area contributed by atoms with Crippen molar-refractivity contribution in [1.29, 1.82) is 0 Å². The molecule has 0 aliphatic rings. The van der Waals surface area contributed by atoms with Gasteiger partial charge >= 0.3 is 0 Å². The highest BCUT2D eigenvalue weighted by Crippen LogP contribution is 2.16. The number of H-pyrrole nitrogens is 1. The zero-order valence-corrected chi connectivity index (χ0v) is 17.4. The van der Waals surface area contributed by atoms with Crippen LogP contribution < -0.4 is 5.56 Å². The maximum atomic E-state index is 12.4. The summed E-state index contributed by atoms with van der Waals surface area (Å²) in [4.78, 5) is 15.4. The lowest BCUT2D eigenvalue weighted by Gasteiger charge is -2.05. The molecule has 0 aliphatic carbocycles.